The highest BCUT2D eigenvalue weighted by atomic mass is 19.1. The molecule has 106 valence electrons. The number of halogens is 1. The summed E-state index contributed by atoms with van der Waals surface area (Å²) in [5.41, 5.74) is 0.580. The van der Waals surface area contributed by atoms with Gasteiger partial charge in [0.25, 0.3) is 0 Å². The van der Waals surface area contributed by atoms with E-state index in [1.165, 1.54) is 6.07 Å². The minimum atomic E-state index is -0.264. The van der Waals surface area contributed by atoms with Crippen LogP contribution in [0.25, 0.3) is 0 Å². The van der Waals surface area contributed by atoms with Gasteiger partial charge in [0.05, 0.1) is 18.4 Å². The highest BCUT2D eigenvalue weighted by molar-refractivity contribution is 5.52. The number of anilines is 1. The van der Waals surface area contributed by atoms with Crippen LogP contribution in [0, 0.1) is 11.7 Å². The van der Waals surface area contributed by atoms with Crippen LogP contribution in [0.2, 0.25) is 0 Å². The second-order valence-corrected chi connectivity index (χ2v) is 5.02. The van der Waals surface area contributed by atoms with Crippen molar-refractivity contribution >= 4 is 5.69 Å². The lowest BCUT2D eigenvalue weighted by Crippen LogP contribution is -2.43. The fourth-order valence-electron chi connectivity index (χ4n) is 2.63. The van der Waals surface area contributed by atoms with Gasteiger partial charge in [0.1, 0.15) is 11.6 Å². The molecule has 0 aromatic heterocycles. The van der Waals surface area contributed by atoms with Gasteiger partial charge < -0.3 is 14.7 Å². The van der Waals surface area contributed by atoms with Gasteiger partial charge in [-0.2, -0.15) is 0 Å². The normalized spacial score (nSPS) is 23.5. The molecule has 0 amide bonds. The Bertz CT molecular complexity index is 425. The first-order valence-electron chi connectivity index (χ1n) is 7.01. The summed E-state index contributed by atoms with van der Waals surface area (Å²) in [4.78, 5) is 2.01. The predicted octanol–water partition coefficient (Wildman–Crippen LogP) is 2.82. The highest BCUT2D eigenvalue weighted by Crippen LogP contribution is 2.30. The Morgan fingerprint density at radius 3 is 2.89 bits per heavy atom. The van der Waals surface area contributed by atoms with Crippen LogP contribution in [0.3, 0.4) is 0 Å². The van der Waals surface area contributed by atoms with E-state index in [1.807, 2.05) is 11.8 Å². The van der Waals surface area contributed by atoms with Crippen molar-refractivity contribution in [1.29, 1.82) is 0 Å². The third-order valence-electron chi connectivity index (χ3n) is 3.79. The molecule has 1 aliphatic rings. The lowest BCUT2D eigenvalue weighted by atomic mass is 9.92. The average molecular weight is 267 g/mol. The second kappa shape index (κ2) is 6.24. The molecule has 0 bridgehead atoms. The molecule has 1 saturated heterocycles. The summed E-state index contributed by atoms with van der Waals surface area (Å²) >= 11 is 0. The zero-order valence-electron chi connectivity index (χ0n) is 11.6. The van der Waals surface area contributed by atoms with Gasteiger partial charge in [0.15, 0.2) is 0 Å². The van der Waals surface area contributed by atoms with Gasteiger partial charge in [0, 0.05) is 25.1 Å². The Morgan fingerprint density at radius 1 is 1.42 bits per heavy atom. The van der Waals surface area contributed by atoms with Crippen LogP contribution in [0.1, 0.15) is 26.7 Å². The molecular weight excluding hydrogens is 245 g/mol. The Hall–Kier alpha value is -1.29. The number of aliphatic hydroxyl groups is 1. The molecule has 0 spiro atoms. The fourth-order valence-corrected chi connectivity index (χ4v) is 2.63. The quantitative estimate of drug-likeness (QED) is 0.910. The minimum Gasteiger partial charge on any atom is -0.494 e. The molecule has 1 heterocycles. The largest absolute Gasteiger partial charge is 0.494 e. The van der Waals surface area contributed by atoms with Gasteiger partial charge in [-0.25, -0.2) is 4.39 Å². The zero-order chi connectivity index (χ0) is 13.8. The van der Waals surface area contributed by atoms with Crippen molar-refractivity contribution in [3.8, 4) is 5.75 Å². The highest BCUT2D eigenvalue weighted by Gasteiger charge is 2.27. The third kappa shape index (κ3) is 3.18. The van der Waals surface area contributed by atoms with Gasteiger partial charge in [-0.1, -0.05) is 6.92 Å². The molecule has 4 heteroatoms. The summed E-state index contributed by atoms with van der Waals surface area (Å²) < 4.78 is 19.4. The van der Waals surface area contributed by atoms with Crippen molar-refractivity contribution in [3.05, 3.63) is 24.0 Å². The summed E-state index contributed by atoms with van der Waals surface area (Å²) in [7, 11) is 0. The number of rotatable bonds is 4. The van der Waals surface area contributed by atoms with Crippen molar-refractivity contribution in [2.24, 2.45) is 5.92 Å². The van der Waals surface area contributed by atoms with Gasteiger partial charge in [-0.05, 0) is 31.9 Å². The van der Waals surface area contributed by atoms with E-state index >= 15 is 0 Å². The Kier molecular flexibility index (Phi) is 4.64. The molecule has 0 radical (unpaired) electrons. The van der Waals surface area contributed by atoms with Gasteiger partial charge in [-0.3, -0.25) is 0 Å². The molecule has 0 saturated carbocycles. The molecule has 0 unspecified atom stereocenters. The van der Waals surface area contributed by atoms with Crippen molar-refractivity contribution in [1.82, 2.24) is 0 Å². The molecule has 0 aliphatic carbocycles. The van der Waals surface area contributed by atoms with Crippen molar-refractivity contribution in [3.63, 3.8) is 0 Å². The number of benzene rings is 1. The van der Waals surface area contributed by atoms with E-state index in [-0.39, 0.29) is 17.8 Å². The summed E-state index contributed by atoms with van der Waals surface area (Å²) in [6.45, 7) is 5.92. The molecular formula is C15H22FNO2. The van der Waals surface area contributed by atoms with E-state index in [0.29, 0.717) is 37.6 Å². The second-order valence-electron chi connectivity index (χ2n) is 5.02. The van der Waals surface area contributed by atoms with Crippen molar-refractivity contribution < 1.29 is 14.2 Å². The summed E-state index contributed by atoms with van der Waals surface area (Å²) in [6.07, 6.45) is 1.33. The predicted molar refractivity (Wildman–Crippen MR) is 74.2 cm³/mol. The van der Waals surface area contributed by atoms with E-state index in [4.69, 9.17) is 4.74 Å². The Labute approximate surface area is 114 Å². The van der Waals surface area contributed by atoms with Crippen LogP contribution in [-0.2, 0) is 0 Å². The summed E-state index contributed by atoms with van der Waals surface area (Å²) in [6, 6.07) is 4.86. The zero-order valence-corrected chi connectivity index (χ0v) is 11.6. The van der Waals surface area contributed by atoms with Crippen LogP contribution in [0.15, 0.2) is 18.2 Å². The minimum absolute atomic E-state index is 0.212. The number of hydrogen-bond acceptors (Lipinski definition) is 3. The number of piperidine rings is 1. The van der Waals surface area contributed by atoms with Crippen molar-refractivity contribution in [2.45, 2.75) is 32.8 Å². The van der Waals surface area contributed by atoms with Crippen LogP contribution in [-0.4, -0.2) is 30.9 Å². The lowest BCUT2D eigenvalue weighted by molar-refractivity contribution is 0.0858. The smallest absolute Gasteiger partial charge is 0.146 e. The molecule has 19 heavy (non-hydrogen) atoms. The van der Waals surface area contributed by atoms with Gasteiger partial charge >= 0.3 is 0 Å². The Morgan fingerprint density at radius 2 is 2.21 bits per heavy atom. The molecule has 2 atom stereocenters. The molecule has 2 rings (SSSR count). The summed E-state index contributed by atoms with van der Waals surface area (Å²) in [5.74, 6) is 0.677. The molecule has 1 aromatic carbocycles. The van der Waals surface area contributed by atoms with Crippen LogP contribution in [0.4, 0.5) is 10.1 Å². The standard InChI is InChI=1S/C15H22FNO2/c1-3-11-10-17(8-7-15(11)18)14-9-12(19-4-2)5-6-13(14)16/h5-6,9,11,15,18H,3-4,7-8,10H2,1-2H3/t11-,15+/m1/s1. The average Bonchev–Trinajstić information content (AvgIpc) is 2.42. The van der Waals surface area contributed by atoms with Crippen LogP contribution < -0.4 is 9.64 Å². The first kappa shape index (κ1) is 14.1. The first-order chi connectivity index (χ1) is 9.15. The van der Waals surface area contributed by atoms with E-state index in [9.17, 15) is 9.50 Å². The number of aliphatic hydroxyl groups excluding tert-OH is 1. The lowest BCUT2D eigenvalue weighted by Gasteiger charge is -2.37. The maximum Gasteiger partial charge on any atom is 0.146 e. The third-order valence-corrected chi connectivity index (χ3v) is 3.79. The van der Waals surface area contributed by atoms with E-state index in [1.54, 1.807) is 12.1 Å². The molecule has 1 fully saturated rings. The van der Waals surface area contributed by atoms with E-state index in [2.05, 4.69) is 6.92 Å². The van der Waals surface area contributed by atoms with E-state index < -0.39 is 0 Å². The van der Waals surface area contributed by atoms with Gasteiger partial charge in [-0.15, -0.1) is 0 Å². The topological polar surface area (TPSA) is 32.7 Å². The number of hydrogen-bond donors (Lipinski definition) is 1. The maximum absolute atomic E-state index is 14.0. The van der Waals surface area contributed by atoms with E-state index in [0.717, 1.165) is 6.42 Å². The monoisotopic (exact) mass is 267 g/mol. The SMILES string of the molecule is CCOc1ccc(F)c(N2CC[C@H](O)[C@H](CC)C2)c1. The molecule has 1 aromatic rings. The summed E-state index contributed by atoms with van der Waals surface area (Å²) in [5, 5.41) is 9.90. The number of nitrogens with zero attached hydrogens (tertiary/aromatic N) is 1. The molecule has 1 N–H and O–H groups in total. The molecule has 1 aliphatic heterocycles. The Balaban J connectivity index is 2.18. The fraction of sp³-hybridized carbons (Fsp3) is 0.600. The number of ether oxygens (including phenoxy) is 1. The first-order valence-corrected chi connectivity index (χ1v) is 7.01. The maximum atomic E-state index is 14.0. The van der Waals surface area contributed by atoms with Crippen LogP contribution in [0.5, 0.6) is 5.75 Å². The van der Waals surface area contributed by atoms with Gasteiger partial charge in [0.2, 0.25) is 0 Å². The van der Waals surface area contributed by atoms with Crippen LogP contribution >= 0.6 is 0 Å². The van der Waals surface area contributed by atoms with Crippen molar-refractivity contribution in [2.75, 3.05) is 24.6 Å². The molecule has 3 nitrogen and oxygen atoms in total.